The Bertz CT molecular complexity index is 543. The summed E-state index contributed by atoms with van der Waals surface area (Å²) in [6.45, 7) is 7.81. The smallest absolute Gasteiger partial charge is 0.307 e. The SMILES string of the molecule is C=C(N=CC)c1cc(OS(C)(=O)=O)n(CC)n1. The van der Waals surface area contributed by atoms with Gasteiger partial charge in [0.15, 0.2) is 0 Å². The van der Waals surface area contributed by atoms with Crippen LogP contribution in [0, 0.1) is 0 Å². The zero-order chi connectivity index (χ0) is 13.1. The van der Waals surface area contributed by atoms with E-state index in [1.807, 2.05) is 6.92 Å². The third kappa shape index (κ3) is 3.70. The number of aryl methyl sites for hydroxylation is 1. The number of hydrogen-bond donors (Lipinski definition) is 0. The molecule has 0 fully saturated rings. The largest absolute Gasteiger partial charge is 0.362 e. The van der Waals surface area contributed by atoms with Crippen LogP contribution in [0.25, 0.3) is 5.70 Å². The van der Waals surface area contributed by atoms with Gasteiger partial charge in [-0.25, -0.2) is 4.68 Å². The summed E-state index contributed by atoms with van der Waals surface area (Å²) < 4.78 is 28.4. The lowest BCUT2D eigenvalue weighted by atomic mass is 10.3. The Morgan fingerprint density at radius 3 is 2.82 bits per heavy atom. The first-order chi connectivity index (χ1) is 7.87. The van der Waals surface area contributed by atoms with Crippen molar-refractivity contribution in [2.24, 2.45) is 4.99 Å². The fourth-order valence-electron chi connectivity index (χ4n) is 1.21. The van der Waals surface area contributed by atoms with Crippen LogP contribution in [0.15, 0.2) is 17.6 Å². The molecule has 1 aromatic heterocycles. The average molecular weight is 257 g/mol. The van der Waals surface area contributed by atoms with E-state index < -0.39 is 10.1 Å². The van der Waals surface area contributed by atoms with Crippen molar-refractivity contribution in [3.05, 3.63) is 18.3 Å². The predicted molar refractivity (Wildman–Crippen MR) is 66.6 cm³/mol. The minimum absolute atomic E-state index is 0.164. The zero-order valence-corrected chi connectivity index (χ0v) is 10.9. The van der Waals surface area contributed by atoms with Gasteiger partial charge in [-0.1, -0.05) is 6.58 Å². The van der Waals surface area contributed by atoms with Gasteiger partial charge in [0.1, 0.15) is 5.69 Å². The normalized spacial score (nSPS) is 11.9. The summed E-state index contributed by atoms with van der Waals surface area (Å²) in [5.41, 5.74) is 0.946. The summed E-state index contributed by atoms with van der Waals surface area (Å²) in [6, 6.07) is 1.50. The Labute approximate surface area is 101 Å². The fourth-order valence-corrected chi connectivity index (χ4v) is 1.66. The molecule has 1 heterocycles. The molecular formula is C10H15N3O3S. The van der Waals surface area contributed by atoms with E-state index in [0.717, 1.165) is 6.26 Å². The van der Waals surface area contributed by atoms with Crippen molar-refractivity contribution in [2.75, 3.05) is 6.26 Å². The van der Waals surface area contributed by atoms with Gasteiger partial charge in [0, 0.05) is 18.8 Å². The van der Waals surface area contributed by atoms with Crippen LogP contribution in [0.1, 0.15) is 19.5 Å². The third-order valence-corrected chi connectivity index (χ3v) is 2.33. The lowest BCUT2D eigenvalue weighted by Gasteiger charge is -2.03. The molecule has 0 aliphatic carbocycles. The van der Waals surface area contributed by atoms with Gasteiger partial charge in [0.05, 0.1) is 12.0 Å². The molecule has 0 bridgehead atoms. The van der Waals surface area contributed by atoms with Crippen molar-refractivity contribution in [3.63, 3.8) is 0 Å². The predicted octanol–water partition coefficient (Wildman–Crippen LogP) is 1.30. The zero-order valence-electron chi connectivity index (χ0n) is 10.0. The average Bonchev–Trinajstić information content (AvgIpc) is 2.58. The van der Waals surface area contributed by atoms with Gasteiger partial charge in [-0.2, -0.15) is 13.5 Å². The summed E-state index contributed by atoms with van der Waals surface area (Å²) in [6.07, 6.45) is 2.57. The van der Waals surface area contributed by atoms with E-state index >= 15 is 0 Å². The molecule has 0 aliphatic rings. The summed E-state index contributed by atoms with van der Waals surface area (Å²) >= 11 is 0. The standard InChI is InChI=1S/C10H15N3O3S/c1-5-11-8(3)9-7-10(13(6-2)12-9)16-17(4,14)15/h5,7H,3,6H2,1-2,4H3. The van der Waals surface area contributed by atoms with Crippen LogP contribution in [0.2, 0.25) is 0 Å². The van der Waals surface area contributed by atoms with E-state index in [4.69, 9.17) is 4.18 Å². The molecule has 0 unspecified atom stereocenters. The number of hydrogen-bond acceptors (Lipinski definition) is 5. The van der Waals surface area contributed by atoms with E-state index in [1.165, 1.54) is 10.7 Å². The van der Waals surface area contributed by atoms with Gasteiger partial charge in [-0.3, -0.25) is 4.99 Å². The Kier molecular flexibility index (Phi) is 4.06. The second-order valence-corrected chi connectivity index (χ2v) is 4.88. The van der Waals surface area contributed by atoms with E-state index in [0.29, 0.717) is 17.9 Å². The summed E-state index contributed by atoms with van der Waals surface area (Å²) in [5.74, 6) is 0.164. The summed E-state index contributed by atoms with van der Waals surface area (Å²) in [4.78, 5) is 3.98. The highest BCUT2D eigenvalue weighted by molar-refractivity contribution is 7.86. The van der Waals surface area contributed by atoms with Crippen LogP contribution in [-0.2, 0) is 16.7 Å². The Morgan fingerprint density at radius 2 is 2.35 bits per heavy atom. The molecule has 0 amide bonds. The lowest BCUT2D eigenvalue weighted by molar-refractivity contribution is 0.449. The second kappa shape index (κ2) is 5.13. The van der Waals surface area contributed by atoms with Gasteiger partial charge in [-0.05, 0) is 13.8 Å². The Morgan fingerprint density at radius 1 is 1.71 bits per heavy atom. The molecular weight excluding hydrogens is 242 g/mol. The van der Waals surface area contributed by atoms with Crippen LogP contribution in [-0.4, -0.2) is 30.7 Å². The number of nitrogens with zero attached hydrogens (tertiary/aromatic N) is 3. The minimum atomic E-state index is -3.56. The minimum Gasteiger partial charge on any atom is -0.362 e. The molecule has 0 saturated heterocycles. The molecule has 0 aromatic carbocycles. The third-order valence-electron chi connectivity index (χ3n) is 1.86. The lowest BCUT2D eigenvalue weighted by Crippen LogP contribution is -2.10. The van der Waals surface area contributed by atoms with Crippen LogP contribution < -0.4 is 4.18 Å². The van der Waals surface area contributed by atoms with Crippen molar-refractivity contribution in [1.82, 2.24) is 9.78 Å². The molecule has 6 nitrogen and oxygen atoms in total. The van der Waals surface area contributed by atoms with Gasteiger partial charge < -0.3 is 4.18 Å². The van der Waals surface area contributed by atoms with Gasteiger partial charge in [0.2, 0.25) is 5.88 Å². The monoisotopic (exact) mass is 257 g/mol. The molecule has 0 atom stereocenters. The first-order valence-electron chi connectivity index (χ1n) is 5.02. The highest BCUT2D eigenvalue weighted by atomic mass is 32.2. The van der Waals surface area contributed by atoms with Crippen molar-refractivity contribution in [2.45, 2.75) is 20.4 Å². The maximum absolute atomic E-state index is 11.1. The highest BCUT2D eigenvalue weighted by Gasteiger charge is 2.14. The fraction of sp³-hybridized carbons (Fsp3) is 0.400. The van der Waals surface area contributed by atoms with Crippen LogP contribution >= 0.6 is 0 Å². The molecule has 1 aromatic rings. The van der Waals surface area contributed by atoms with Gasteiger partial charge >= 0.3 is 10.1 Å². The quantitative estimate of drug-likeness (QED) is 0.588. The first-order valence-corrected chi connectivity index (χ1v) is 6.84. The highest BCUT2D eigenvalue weighted by Crippen LogP contribution is 2.20. The molecule has 0 spiro atoms. The van der Waals surface area contributed by atoms with Crippen LogP contribution in [0.3, 0.4) is 0 Å². The number of aliphatic imine (C=N–C) groups is 1. The summed E-state index contributed by atoms with van der Waals surface area (Å²) in [5, 5.41) is 4.15. The van der Waals surface area contributed by atoms with E-state index in [-0.39, 0.29) is 5.88 Å². The molecule has 17 heavy (non-hydrogen) atoms. The molecule has 7 heteroatoms. The van der Waals surface area contributed by atoms with E-state index in [2.05, 4.69) is 16.7 Å². The molecule has 94 valence electrons. The maximum atomic E-state index is 11.1. The van der Waals surface area contributed by atoms with Crippen LogP contribution in [0.4, 0.5) is 0 Å². The van der Waals surface area contributed by atoms with Gasteiger partial charge in [-0.15, -0.1) is 0 Å². The van der Waals surface area contributed by atoms with E-state index in [1.54, 1.807) is 13.1 Å². The Balaban J connectivity index is 3.11. The van der Waals surface area contributed by atoms with Crippen molar-refractivity contribution in [1.29, 1.82) is 0 Å². The topological polar surface area (TPSA) is 73.5 Å². The van der Waals surface area contributed by atoms with Crippen LogP contribution in [0.5, 0.6) is 5.88 Å². The Hall–Kier alpha value is -1.63. The molecule has 0 saturated carbocycles. The van der Waals surface area contributed by atoms with E-state index in [9.17, 15) is 8.42 Å². The van der Waals surface area contributed by atoms with Crippen molar-refractivity contribution >= 4 is 22.0 Å². The van der Waals surface area contributed by atoms with Gasteiger partial charge in [0.25, 0.3) is 0 Å². The molecule has 0 N–H and O–H groups in total. The second-order valence-electron chi connectivity index (χ2n) is 3.31. The van der Waals surface area contributed by atoms with Crippen molar-refractivity contribution < 1.29 is 12.6 Å². The molecule has 0 aliphatic heterocycles. The number of aromatic nitrogens is 2. The maximum Gasteiger partial charge on any atom is 0.307 e. The first kappa shape index (κ1) is 13.4. The number of rotatable bonds is 5. The molecule has 0 radical (unpaired) electrons. The molecule has 1 rings (SSSR count). The van der Waals surface area contributed by atoms with Crippen molar-refractivity contribution in [3.8, 4) is 5.88 Å². The summed E-state index contributed by atoms with van der Waals surface area (Å²) in [7, 11) is -3.56.